The smallest absolute Gasteiger partial charge is 0.242 e. The van der Waals surface area contributed by atoms with Crippen LogP contribution in [0.3, 0.4) is 0 Å². The molecule has 2 amide bonds. The Hall–Kier alpha value is -1.75. The third-order valence-electron chi connectivity index (χ3n) is 6.82. The summed E-state index contributed by atoms with van der Waals surface area (Å²) in [6.07, 6.45) is 7.01. The van der Waals surface area contributed by atoms with E-state index in [0.29, 0.717) is 19.4 Å². The lowest BCUT2D eigenvalue weighted by Gasteiger charge is -2.34. The van der Waals surface area contributed by atoms with Gasteiger partial charge in [0, 0.05) is 35.6 Å². The molecule has 10 heteroatoms. The van der Waals surface area contributed by atoms with Gasteiger partial charge in [0.25, 0.3) is 0 Å². The van der Waals surface area contributed by atoms with E-state index >= 15 is 0 Å². The van der Waals surface area contributed by atoms with Crippen molar-refractivity contribution in [3.05, 3.63) is 39.7 Å². The highest BCUT2D eigenvalue weighted by Gasteiger charge is 2.36. The molecule has 0 radical (unpaired) electrons. The number of halogens is 1. The Morgan fingerprint density at radius 1 is 1.09 bits per heavy atom. The average Bonchev–Trinajstić information content (AvgIpc) is 3.48. The number of sulfonamides is 1. The second kappa shape index (κ2) is 11.3. The van der Waals surface area contributed by atoms with Crippen molar-refractivity contribution in [3.63, 3.8) is 0 Å². The normalized spacial score (nSPS) is 24.4. The van der Waals surface area contributed by atoms with Crippen molar-refractivity contribution in [2.75, 3.05) is 39.3 Å². The summed E-state index contributed by atoms with van der Waals surface area (Å²) < 4.78 is 28.5. The molecule has 0 bridgehead atoms. The number of likely N-dealkylation sites (tertiary alicyclic amines) is 3. The maximum absolute atomic E-state index is 13.1. The van der Waals surface area contributed by atoms with Gasteiger partial charge in [-0.15, -0.1) is 0 Å². The standard InChI is InChI=1S/C24H33BrN4O4S/c25-20-7-3-6-19(16-20)10-15-34(32,33)26-22-9-5-13-28(24(22)31)18-23(30)29-14-4-8-21(29)17-27-11-1-2-12-27/h3,6-7,10,15-16,21-22,26H,1-2,4-5,8-9,11-14,17-18H2/b15-10+. The third-order valence-corrected chi connectivity index (χ3v) is 8.42. The molecule has 3 saturated heterocycles. The molecule has 3 fully saturated rings. The average molecular weight is 554 g/mol. The number of carbonyl (C=O) groups excluding carboxylic acids is 2. The summed E-state index contributed by atoms with van der Waals surface area (Å²) in [5.74, 6) is -0.359. The fraction of sp³-hybridized carbons (Fsp3) is 0.583. The van der Waals surface area contributed by atoms with Gasteiger partial charge >= 0.3 is 0 Å². The first-order valence-electron chi connectivity index (χ1n) is 12.1. The largest absolute Gasteiger partial charge is 0.337 e. The Kier molecular flexibility index (Phi) is 8.44. The molecule has 1 N–H and O–H groups in total. The number of carbonyl (C=O) groups is 2. The Morgan fingerprint density at radius 2 is 1.85 bits per heavy atom. The molecule has 0 saturated carbocycles. The monoisotopic (exact) mass is 552 g/mol. The van der Waals surface area contributed by atoms with Gasteiger partial charge in [-0.1, -0.05) is 28.1 Å². The topological polar surface area (TPSA) is 90.0 Å². The summed E-state index contributed by atoms with van der Waals surface area (Å²) >= 11 is 3.36. The van der Waals surface area contributed by atoms with Crippen LogP contribution in [0.1, 0.15) is 44.1 Å². The van der Waals surface area contributed by atoms with Gasteiger partial charge < -0.3 is 14.7 Å². The van der Waals surface area contributed by atoms with Crippen LogP contribution in [0.25, 0.3) is 6.08 Å². The zero-order chi connectivity index (χ0) is 24.1. The summed E-state index contributed by atoms with van der Waals surface area (Å²) in [7, 11) is -3.81. The van der Waals surface area contributed by atoms with E-state index in [1.807, 2.05) is 17.0 Å². The van der Waals surface area contributed by atoms with Crippen molar-refractivity contribution in [2.45, 2.75) is 50.6 Å². The SMILES string of the molecule is O=C1C(NS(=O)(=O)/C=C/c2cccc(Br)c2)CCCN1CC(=O)N1CCCC1CN1CCCC1. The highest BCUT2D eigenvalue weighted by molar-refractivity contribution is 9.10. The highest BCUT2D eigenvalue weighted by Crippen LogP contribution is 2.22. The molecule has 0 aromatic heterocycles. The van der Waals surface area contributed by atoms with Gasteiger partial charge in [0.1, 0.15) is 6.04 Å². The predicted octanol–water partition coefficient (Wildman–Crippen LogP) is 2.42. The summed E-state index contributed by atoms with van der Waals surface area (Å²) in [6.45, 7) is 4.33. The Bertz CT molecular complexity index is 1030. The minimum Gasteiger partial charge on any atom is -0.337 e. The lowest BCUT2D eigenvalue weighted by atomic mass is 10.1. The van der Waals surface area contributed by atoms with Gasteiger partial charge in [0.15, 0.2) is 0 Å². The van der Waals surface area contributed by atoms with E-state index < -0.39 is 16.1 Å². The van der Waals surface area contributed by atoms with Gasteiger partial charge in [-0.05, 0) is 75.4 Å². The second-order valence-corrected chi connectivity index (χ2v) is 11.9. The molecule has 2 atom stereocenters. The summed E-state index contributed by atoms with van der Waals surface area (Å²) in [6, 6.07) is 6.64. The maximum atomic E-state index is 13.1. The molecule has 186 valence electrons. The van der Waals surface area contributed by atoms with E-state index in [4.69, 9.17) is 0 Å². The quantitative estimate of drug-likeness (QED) is 0.534. The first kappa shape index (κ1) is 25.3. The lowest BCUT2D eigenvalue weighted by Crippen LogP contribution is -2.55. The third kappa shape index (κ3) is 6.68. The molecule has 3 aliphatic heterocycles. The van der Waals surface area contributed by atoms with Crippen molar-refractivity contribution in [1.29, 1.82) is 0 Å². The van der Waals surface area contributed by atoms with Gasteiger partial charge in [0.05, 0.1) is 6.54 Å². The molecule has 8 nitrogen and oxygen atoms in total. The molecule has 1 aromatic rings. The fourth-order valence-electron chi connectivity index (χ4n) is 5.09. The fourth-order valence-corrected chi connectivity index (χ4v) is 6.54. The van der Waals surface area contributed by atoms with Crippen molar-refractivity contribution in [1.82, 2.24) is 19.4 Å². The van der Waals surface area contributed by atoms with Crippen molar-refractivity contribution < 1.29 is 18.0 Å². The van der Waals surface area contributed by atoms with Crippen LogP contribution >= 0.6 is 15.9 Å². The lowest BCUT2D eigenvalue weighted by molar-refractivity contribution is -0.143. The van der Waals surface area contributed by atoms with Crippen molar-refractivity contribution in [3.8, 4) is 0 Å². The zero-order valence-electron chi connectivity index (χ0n) is 19.4. The van der Waals surface area contributed by atoms with Crippen LogP contribution in [0.15, 0.2) is 34.1 Å². The van der Waals surface area contributed by atoms with E-state index in [9.17, 15) is 18.0 Å². The summed E-state index contributed by atoms with van der Waals surface area (Å²) in [5.41, 5.74) is 0.732. The van der Waals surface area contributed by atoms with Gasteiger partial charge in [0.2, 0.25) is 21.8 Å². The second-order valence-electron chi connectivity index (χ2n) is 9.37. The number of piperidine rings is 1. The number of benzene rings is 1. The van der Waals surface area contributed by atoms with Crippen LogP contribution in [0.5, 0.6) is 0 Å². The maximum Gasteiger partial charge on any atom is 0.242 e. The highest BCUT2D eigenvalue weighted by atomic mass is 79.9. The van der Waals surface area contributed by atoms with Crippen molar-refractivity contribution >= 4 is 43.8 Å². The van der Waals surface area contributed by atoms with E-state index in [1.54, 1.807) is 12.1 Å². The predicted molar refractivity (Wildman–Crippen MR) is 135 cm³/mol. The van der Waals surface area contributed by atoms with Crippen LogP contribution in [-0.2, 0) is 19.6 Å². The zero-order valence-corrected chi connectivity index (χ0v) is 21.8. The molecular weight excluding hydrogens is 520 g/mol. The molecule has 1 aromatic carbocycles. The van der Waals surface area contributed by atoms with Crippen LogP contribution in [-0.4, -0.2) is 86.3 Å². The molecule has 0 aliphatic carbocycles. The minimum absolute atomic E-state index is 0.0153. The molecule has 34 heavy (non-hydrogen) atoms. The van der Waals surface area contributed by atoms with E-state index in [1.165, 1.54) is 23.8 Å². The summed E-state index contributed by atoms with van der Waals surface area (Å²) in [4.78, 5) is 32.0. The van der Waals surface area contributed by atoms with Gasteiger partial charge in [-0.3, -0.25) is 9.59 Å². The molecule has 3 aliphatic rings. The number of hydrogen-bond donors (Lipinski definition) is 1. The summed E-state index contributed by atoms with van der Waals surface area (Å²) in [5, 5.41) is 1.08. The number of amides is 2. The Balaban J connectivity index is 1.33. The van der Waals surface area contributed by atoms with Crippen LogP contribution in [0, 0.1) is 0 Å². The number of rotatable bonds is 8. The molecular formula is C24H33BrN4O4S. The number of nitrogens with one attached hydrogen (secondary N) is 1. The Labute approximate surface area is 210 Å². The van der Waals surface area contributed by atoms with Crippen LogP contribution in [0.2, 0.25) is 0 Å². The van der Waals surface area contributed by atoms with Gasteiger partial charge in [-0.2, -0.15) is 4.72 Å². The number of nitrogens with zero attached hydrogens (tertiary/aromatic N) is 3. The molecule has 3 heterocycles. The Morgan fingerprint density at radius 3 is 2.62 bits per heavy atom. The van der Waals surface area contributed by atoms with Gasteiger partial charge in [-0.25, -0.2) is 8.42 Å². The van der Waals surface area contributed by atoms with Crippen LogP contribution in [0.4, 0.5) is 0 Å². The number of hydrogen-bond acceptors (Lipinski definition) is 5. The first-order chi connectivity index (χ1) is 16.3. The van der Waals surface area contributed by atoms with E-state index in [-0.39, 0.29) is 24.4 Å². The molecule has 0 spiro atoms. The molecule has 4 rings (SSSR count). The first-order valence-corrected chi connectivity index (χ1v) is 14.4. The van der Waals surface area contributed by atoms with Crippen molar-refractivity contribution in [2.24, 2.45) is 0 Å². The molecule has 2 unspecified atom stereocenters. The van der Waals surface area contributed by atoms with Crippen LogP contribution < -0.4 is 4.72 Å². The van der Waals surface area contributed by atoms with E-state index in [0.717, 1.165) is 54.5 Å². The van der Waals surface area contributed by atoms with E-state index in [2.05, 4.69) is 25.6 Å². The minimum atomic E-state index is -3.81.